The van der Waals surface area contributed by atoms with Crippen LogP contribution in [0.3, 0.4) is 0 Å². The quantitative estimate of drug-likeness (QED) is 0.695. The van der Waals surface area contributed by atoms with Crippen LogP contribution in [0, 0.1) is 0 Å². The van der Waals surface area contributed by atoms with E-state index >= 15 is 0 Å². The van der Waals surface area contributed by atoms with E-state index in [9.17, 15) is 4.79 Å². The van der Waals surface area contributed by atoms with Crippen molar-refractivity contribution in [3.8, 4) is 16.8 Å². The van der Waals surface area contributed by atoms with E-state index in [1.165, 1.54) is 16.7 Å². The summed E-state index contributed by atoms with van der Waals surface area (Å²) >= 11 is 1.70. The predicted octanol–water partition coefficient (Wildman–Crippen LogP) is 4.68. The molecule has 0 fully saturated rings. The Morgan fingerprint density at radius 1 is 1.21 bits per heavy atom. The summed E-state index contributed by atoms with van der Waals surface area (Å²) in [6.45, 7) is 3.44. The van der Waals surface area contributed by atoms with Crippen molar-refractivity contribution in [1.82, 2.24) is 9.47 Å². The summed E-state index contributed by atoms with van der Waals surface area (Å²) < 4.78 is 7.29. The van der Waals surface area contributed by atoms with Gasteiger partial charge in [0.15, 0.2) is 0 Å². The molecule has 0 N–H and O–H groups in total. The highest BCUT2D eigenvalue weighted by Crippen LogP contribution is 2.29. The Hall–Kier alpha value is -2.53. The van der Waals surface area contributed by atoms with E-state index in [4.69, 9.17) is 4.74 Å². The molecule has 1 aliphatic rings. The maximum atomic E-state index is 12.0. The molecule has 0 spiro atoms. The van der Waals surface area contributed by atoms with Crippen molar-refractivity contribution in [2.24, 2.45) is 0 Å². The lowest BCUT2D eigenvalue weighted by Gasteiger charge is -2.16. The summed E-state index contributed by atoms with van der Waals surface area (Å²) in [5.74, 6) is 0. The zero-order valence-corrected chi connectivity index (χ0v) is 14.3. The third-order valence-electron chi connectivity index (χ3n) is 4.29. The minimum absolute atomic E-state index is 0.243. The van der Waals surface area contributed by atoms with E-state index in [0.717, 1.165) is 11.4 Å². The minimum Gasteiger partial charge on any atom is -0.450 e. The molecule has 2 aromatic heterocycles. The van der Waals surface area contributed by atoms with Crippen molar-refractivity contribution < 1.29 is 9.53 Å². The van der Waals surface area contributed by atoms with Gasteiger partial charge in [0.2, 0.25) is 0 Å². The van der Waals surface area contributed by atoms with E-state index in [1.54, 1.807) is 16.2 Å². The Labute approximate surface area is 144 Å². The van der Waals surface area contributed by atoms with E-state index in [-0.39, 0.29) is 6.09 Å². The highest BCUT2D eigenvalue weighted by atomic mass is 32.1. The molecule has 4 rings (SSSR count). The molecule has 0 radical (unpaired) electrons. The molecular formula is C19H18N2O2S. The molecule has 4 nitrogen and oxygen atoms in total. The van der Waals surface area contributed by atoms with Gasteiger partial charge in [0.05, 0.1) is 19.7 Å². The molecule has 0 aliphatic carbocycles. The Kier molecular flexibility index (Phi) is 3.86. The summed E-state index contributed by atoms with van der Waals surface area (Å²) in [6, 6.07) is 12.7. The third-order valence-corrected chi connectivity index (χ3v) is 4.98. The van der Waals surface area contributed by atoms with Gasteiger partial charge in [-0.15, -0.1) is 0 Å². The number of hydrogen-bond acceptors (Lipinski definition) is 3. The first kappa shape index (κ1) is 15.0. The van der Waals surface area contributed by atoms with Crippen LogP contribution in [0.2, 0.25) is 0 Å². The molecule has 0 atom stereocenters. The molecule has 5 heteroatoms. The average molecular weight is 338 g/mol. The SMILES string of the molecule is CCOC(=O)N1Cc2ccn(-c3cccc(-c4ccsc4)c3)c2C1. The number of carbonyl (C=O) groups excluding carboxylic acids is 1. The maximum Gasteiger partial charge on any atom is 0.410 e. The van der Waals surface area contributed by atoms with E-state index in [0.29, 0.717) is 19.7 Å². The van der Waals surface area contributed by atoms with Gasteiger partial charge < -0.3 is 9.30 Å². The fraction of sp³-hybridized carbons (Fsp3) is 0.211. The fourth-order valence-corrected chi connectivity index (χ4v) is 3.78. The Morgan fingerprint density at radius 2 is 2.12 bits per heavy atom. The summed E-state index contributed by atoms with van der Waals surface area (Å²) in [6.07, 6.45) is 1.84. The molecule has 3 heterocycles. The van der Waals surface area contributed by atoms with Crippen LogP contribution in [0.25, 0.3) is 16.8 Å². The normalized spacial score (nSPS) is 13.1. The van der Waals surface area contributed by atoms with E-state index < -0.39 is 0 Å². The van der Waals surface area contributed by atoms with Crippen molar-refractivity contribution in [3.05, 3.63) is 64.6 Å². The number of amides is 1. The molecule has 1 aliphatic heterocycles. The van der Waals surface area contributed by atoms with Gasteiger partial charge in [-0.1, -0.05) is 12.1 Å². The topological polar surface area (TPSA) is 34.5 Å². The van der Waals surface area contributed by atoms with Gasteiger partial charge in [-0.25, -0.2) is 4.79 Å². The summed E-state index contributed by atoms with van der Waals surface area (Å²) in [5.41, 5.74) is 5.90. The first-order valence-electron chi connectivity index (χ1n) is 8.00. The monoisotopic (exact) mass is 338 g/mol. The van der Waals surface area contributed by atoms with Crippen molar-refractivity contribution in [1.29, 1.82) is 0 Å². The number of aromatic nitrogens is 1. The van der Waals surface area contributed by atoms with Crippen LogP contribution in [-0.4, -0.2) is 22.2 Å². The zero-order valence-electron chi connectivity index (χ0n) is 13.4. The number of thiophene rings is 1. The highest BCUT2D eigenvalue weighted by Gasteiger charge is 2.27. The van der Waals surface area contributed by atoms with Gasteiger partial charge in [0, 0.05) is 17.6 Å². The number of rotatable bonds is 3. The van der Waals surface area contributed by atoms with Crippen molar-refractivity contribution >= 4 is 17.4 Å². The van der Waals surface area contributed by atoms with Crippen LogP contribution >= 0.6 is 11.3 Å². The number of hydrogen-bond donors (Lipinski definition) is 0. The zero-order chi connectivity index (χ0) is 16.5. The molecule has 0 saturated heterocycles. The second-order valence-corrected chi connectivity index (χ2v) is 6.56. The lowest BCUT2D eigenvalue weighted by atomic mass is 10.1. The highest BCUT2D eigenvalue weighted by molar-refractivity contribution is 7.08. The van der Waals surface area contributed by atoms with Crippen LogP contribution in [-0.2, 0) is 17.8 Å². The van der Waals surface area contributed by atoms with Crippen molar-refractivity contribution in [3.63, 3.8) is 0 Å². The van der Waals surface area contributed by atoms with Crippen LogP contribution < -0.4 is 0 Å². The average Bonchev–Trinajstić information content (AvgIpc) is 3.31. The maximum absolute atomic E-state index is 12.0. The predicted molar refractivity (Wildman–Crippen MR) is 95.4 cm³/mol. The number of ether oxygens (including phenoxy) is 1. The minimum atomic E-state index is -0.243. The third kappa shape index (κ3) is 2.61. The van der Waals surface area contributed by atoms with Gasteiger partial charge in [-0.2, -0.15) is 11.3 Å². The van der Waals surface area contributed by atoms with E-state index in [1.807, 2.05) is 6.92 Å². The molecule has 1 amide bonds. The number of carbonyl (C=O) groups is 1. The second-order valence-electron chi connectivity index (χ2n) is 5.78. The summed E-state index contributed by atoms with van der Waals surface area (Å²) in [5, 5.41) is 4.24. The standard InChI is InChI=1S/C19H18N2O2S/c1-2-23-19(22)20-11-15-6-8-21(18(15)12-20)17-5-3-4-14(10-17)16-7-9-24-13-16/h3-10,13H,2,11-12H2,1H3. The molecule has 0 unspecified atom stereocenters. The second kappa shape index (κ2) is 6.17. The molecule has 0 saturated carbocycles. The van der Waals surface area contributed by atoms with Crippen LogP contribution in [0.4, 0.5) is 4.79 Å². The summed E-state index contributed by atoms with van der Waals surface area (Å²) in [7, 11) is 0. The molecular weight excluding hydrogens is 320 g/mol. The number of fused-ring (bicyclic) bond motifs is 1. The van der Waals surface area contributed by atoms with Gasteiger partial charge in [0.25, 0.3) is 0 Å². The van der Waals surface area contributed by atoms with Crippen LogP contribution in [0.5, 0.6) is 0 Å². The lowest BCUT2D eigenvalue weighted by Crippen LogP contribution is -2.26. The Balaban J connectivity index is 1.64. The Bertz CT molecular complexity index is 867. The van der Waals surface area contributed by atoms with Gasteiger partial charge in [-0.3, -0.25) is 4.90 Å². The first-order chi connectivity index (χ1) is 11.8. The van der Waals surface area contributed by atoms with Gasteiger partial charge >= 0.3 is 6.09 Å². The number of benzene rings is 1. The van der Waals surface area contributed by atoms with E-state index in [2.05, 4.69) is 57.9 Å². The van der Waals surface area contributed by atoms with Crippen LogP contribution in [0.1, 0.15) is 18.2 Å². The Morgan fingerprint density at radius 3 is 2.92 bits per heavy atom. The summed E-state index contributed by atoms with van der Waals surface area (Å²) in [4.78, 5) is 13.7. The molecule has 1 aromatic carbocycles. The molecule has 24 heavy (non-hydrogen) atoms. The fourth-order valence-electron chi connectivity index (χ4n) is 3.12. The smallest absolute Gasteiger partial charge is 0.410 e. The lowest BCUT2D eigenvalue weighted by molar-refractivity contribution is 0.106. The molecule has 3 aromatic rings. The molecule has 122 valence electrons. The largest absolute Gasteiger partial charge is 0.450 e. The molecule has 0 bridgehead atoms. The van der Waals surface area contributed by atoms with Crippen LogP contribution in [0.15, 0.2) is 53.4 Å². The van der Waals surface area contributed by atoms with Gasteiger partial charge in [0.1, 0.15) is 0 Å². The van der Waals surface area contributed by atoms with Crippen molar-refractivity contribution in [2.75, 3.05) is 6.61 Å². The first-order valence-corrected chi connectivity index (χ1v) is 8.94. The van der Waals surface area contributed by atoms with Crippen molar-refractivity contribution in [2.45, 2.75) is 20.0 Å². The van der Waals surface area contributed by atoms with Gasteiger partial charge in [-0.05, 0) is 58.6 Å². The number of nitrogens with zero attached hydrogens (tertiary/aromatic N) is 2.